The van der Waals surface area contributed by atoms with E-state index >= 15 is 0 Å². The van der Waals surface area contributed by atoms with Crippen molar-refractivity contribution >= 4 is 10.9 Å². The second-order valence-corrected chi connectivity index (χ2v) is 4.12. The highest BCUT2D eigenvalue weighted by Gasteiger charge is 2.05. The molecule has 0 atom stereocenters. The van der Waals surface area contributed by atoms with Crippen molar-refractivity contribution < 1.29 is 0 Å². The average Bonchev–Trinajstić information content (AvgIpc) is 2.27. The molecule has 0 amide bonds. The highest BCUT2D eigenvalue weighted by molar-refractivity contribution is 5.82. The second kappa shape index (κ2) is 3.99. The smallest absolute Gasteiger partial charge is 0.0736 e. The minimum absolute atomic E-state index is 0.505. The predicted octanol–water partition coefficient (Wildman–Crippen LogP) is 2.82. The van der Waals surface area contributed by atoms with Crippen molar-refractivity contribution in [3.05, 3.63) is 41.6 Å². The topological polar surface area (TPSA) is 38.9 Å². The summed E-state index contributed by atoms with van der Waals surface area (Å²) in [5.74, 6) is 0.505. The Hall–Kier alpha value is -1.41. The zero-order valence-electron chi connectivity index (χ0n) is 9.20. The van der Waals surface area contributed by atoms with Crippen LogP contribution in [0.4, 0.5) is 0 Å². The van der Waals surface area contributed by atoms with E-state index in [0.717, 1.165) is 11.1 Å². The molecule has 2 rings (SSSR count). The van der Waals surface area contributed by atoms with Crippen LogP contribution in [-0.4, -0.2) is 4.98 Å². The lowest BCUT2D eigenvalue weighted by molar-refractivity contribution is 0.872. The molecule has 0 saturated heterocycles. The summed E-state index contributed by atoms with van der Waals surface area (Å²) in [6.45, 7) is 4.93. The lowest BCUT2D eigenvalue weighted by Crippen LogP contribution is -1.98. The number of aromatic nitrogens is 1. The largest absolute Gasteiger partial charge is 0.326 e. The van der Waals surface area contributed by atoms with Gasteiger partial charge in [-0.25, -0.2) is 0 Å². The highest BCUT2D eigenvalue weighted by Crippen LogP contribution is 2.23. The van der Waals surface area contributed by atoms with Gasteiger partial charge in [-0.2, -0.15) is 0 Å². The van der Waals surface area contributed by atoms with E-state index in [1.54, 1.807) is 0 Å². The number of para-hydroxylation sites is 1. The maximum absolute atomic E-state index is 5.60. The van der Waals surface area contributed by atoms with Gasteiger partial charge in [0.2, 0.25) is 0 Å². The molecule has 2 N–H and O–H groups in total. The first-order valence-electron chi connectivity index (χ1n) is 5.30. The van der Waals surface area contributed by atoms with E-state index in [9.17, 15) is 0 Å². The van der Waals surface area contributed by atoms with E-state index in [0.29, 0.717) is 12.5 Å². The molecule has 78 valence electrons. The first kappa shape index (κ1) is 10.1. The van der Waals surface area contributed by atoms with Crippen LogP contribution < -0.4 is 5.73 Å². The molecule has 2 nitrogen and oxygen atoms in total. The monoisotopic (exact) mass is 200 g/mol. The molecule has 2 aromatic rings. The fourth-order valence-electron chi connectivity index (χ4n) is 1.81. The summed E-state index contributed by atoms with van der Waals surface area (Å²) in [5, 5.41) is 1.18. The van der Waals surface area contributed by atoms with Crippen LogP contribution in [0.1, 0.15) is 30.9 Å². The number of hydrogen-bond donors (Lipinski definition) is 1. The van der Waals surface area contributed by atoms with E-state index in [-0.39, 0.29) is 0 Å². The summed E-state index contributed by atoms with van der Waals surface area (Å²) >= 11 is 0. The molecule has 0 aliphatic heterocycles. The Kier molecular flexibility index (Phi) is 2.69. The quantitative estimate of drug-likeness (QED) is 0.809. The van der Waals surface area contributed by atoms with Crippen molar-refractivity contribution in [2.24, 2.45) is 5.73 Å². The van der Waals surface area contributed by atoms with Gasteiger partial charge in [0, 0.05) is 18.1 Å². The summed E-state index contributed by atoms with van der Waals surface area (Å²) in [6.07, 6.45) is 1.87. The fourth-order valence-corrected chi connectivity index (χ4v) is 1.81. The van der Waals surface area contributed by atoms with Gasteiger partial charge in [-0.3, -0.25) is 4.98 Å². The number of pyridine rings is 1. The minimum Gasteiger partial charge on any atom is -0.326 e. The molecular formula is C13H16N2. The van der Waals surface area contributed by atoms with E-state index in [1.165, 1.54) is 10.9 Å². The molecule has 0 radical (unpaired) electrons. The molecule has 0 aliphatic carbocycles. The number of hydrogen-bond acceptors (Lipinski definition) is 2. The lowest BCUT2D eigenvalue weighted by Gasteiger charge is -2.09. The number of nitrogens with zero attached hydrogens (tertiary/aromatic N) is 1. The highest BCUT2D eigenvalue weighted by atomic mass is 14.7. The Labute approximate surface area is 90.1 Å². The third-order valence-corrected chi connectivity index (χ3v) is 2.66. The zero-order chi connectivity index (χ0) is 10.8. The first-order valence-corrected chi connectivity index (χ1v) is 5.30. The summed E-state index contributed by atoms with van der Waals surface area (Å²) < 4.78 is 0. The molecule has 0 saturated carbocycles. The van der Waals surface area contributed by atoms with E-state index in [2.05, 4.69) is 43.1 Å². The zero-order valence-corrected chi connectivity index (χ0v) is 9.20. The van der Waals surface area contributed by atoms with Gasteiger partial charge in [-0.1, -0.05) is 32.0 Å². The van der Waals surface area contributed by atoms with Crippen molar-refractivity contribution in [2.45, 2.75) is 26.3 Å². The van der Waals surface area contributed by atoms with E-state index in [1.807, 2.05) is 6.20 Å². The molecule has 1 heterocycles. The third-order valence-electron chi connectivity index (χ3n) is 2.66. The molecule has 0 aliphatic rings. The molecule has 2 heteroatoms. The SMILES string of the molecule is CC(C)c1cccc2cc(CN)cnc12. The van der Waals surface area contributed by atoms with Crippen LogP contribution in [-0.2, 0) is 6.54 Å². The second-order valence-electron chi connectivity index (χ2n) is 4.12. The van der Waals surface area contributed by atoms with Crippen LogP contribution in [0.3, 0.4) is 0 Å². The molecule has 15 heavy (non-hydrogen) atoms. The Morgan fingerprint density at radius 2 is 2.13 bits per heavy atom. The summed E-state index contributed by atoms with van der Waals surface area (Å²) in [6, 6.07) is 8.43. The van der Waals surface area contributed by atoms with Crippen molar-refractivity contribution in [1.82, 2.24) is 4.98 Å². The summed E-state index contributed by atoms with van der Waals surface area (Å²) in [5.41, 5.74) is 9.09. The lowest BCUT2D eigenvalue weighted by atomic mass is 9.99. The van der Waals surface area contributed by atoms with Crippen molar-refractivity contribution in [1.29, 1.82) is 0 Å². The molecule has 0 unspecified atom stereocenters. The van der Waals surface area contributed by atoms with Gasteiger partial charge in [0.05, 0.1) is 5.52 Å². The molecule has 1 aromatic heterocycles. The number of fused-ring (bicyclic) bond motifs is 1. The van der Waals surface area contributed by atoms with Crippen LogP contribution in [0.15, 0.2) is 30.5 Å². The Balaban J connectivity index is 2.67. The van der Waals surface area contributed by atoms with Gasteiger partial charge in [0.15, 0.2) is 0 Å². The normalized spacial score (nSPS) is 11.2. The maximum Gasteiger partial charge on any atom is 0.0736 e. The molecular weight excluding hydrogens is 184 g/mol. The number of rotatable bonds is 2. The summed E-state index contributed by atoms with van der Waals surface area (Å²) in [7, 11) is 0. The molecule has 0 spiro atoms. The molecule has 0 bridgehead atoms. The predicted molar refractivity (Wildman–Crippen MR) is 63.7 cm³/mol. The van der Waals surface area contributed by atoms with Crippen LogP contribution in [0.5, 0.6) is 0 Å². The first-order chi connectivity index (χ1) is 7.22. The average molecular weight is 200 g/mol. The van der Waals surface area contributed by atoms with Crippen molar-refractivity contribution in [3.8, 4) is 0 Å². The van der Waals surface area contributed by atoms with Gasteiger partial charge >= 0.3 is 0 Å². The van der Waals surface area contributed by atoms with Gasteiger partial charge in [-0.15, -0.1) is 0 Å². The van der Waals surface area contributed by atoms with E-state index in [4.69, 9.17) is 5.73 Å². The van der Waals surface area contributed by atoms with Gasteiger partial charge < -0.3 is 5.73 Å². The van der Waals surface area contributed by atoms with Crippen molar-refractivity contribution in [3.63, 3.8) is 0 Å². The molecule has 1 aromatic carbocycles. The third kappa shape index (κ3) is 1.85. The fraction of sp³-hybridized carbons (Fsp3) is 0.308. The number of benzene rings is 1. The minimum atomic E-state index is 0.505. The molecule has 0 fully saturated rings. The Morgan fingerprint density at radius 3 is 2.80 bits per heavy atom. The summed E-state index contributed by atoms with van der Waals surface area (Å²) in [4.78, 5) is 4.49. The van der Waals surface area contributed by atoms with Crippen LogP contribution in [0.2, 0.25) is 0 Å². The Morgan fingerprint density at radius 1 is 1.33 bits per heavy atom. The van der Waals surface area contributed by atoms with Crippen LogP contribution >= 0.6 is 0 Å². The van der Waals surface area contributed by atoms with E-state index < -0.39 is 0 Å². The van der Waals surface area contributed by atoms with Gasteiger partial charge in [0.25, 0.3) is 0 Å². The van der Waals surface area contributed by atoms with Crippen LogP contribution in [0, 0.1) is 0 Å². The van der Waals surface area contributed by atoms with Crippen molar-refractivity contribution in [2.75, 3.05) is 0 Å². The van der Waals surface area contributed by atoms with Crippen LogP contribution in [0.25, 0.3) is 10.9 Å². The van der Waals surface area contributed by atoms with Gasteiger partial charge in [0.1, 0.15) is 0 Å². The number of nitrogens with two attached hydrogens (primary N) is 1. The Bertz CT molecular complexity index is 475. The maximum atomic E-state index is 5.60. The standard InChI is InChI=1S/C13H16N2/c1-9(2)12-5-3-4-11-6-10(7-14)8-15-13(11)12/h3-6,8-9H,7,14H2,1-2H3. The van der Waals surface area contributed by atoms with Gasteiger partial charge in [-0.05, 0) is 23.1 Å².